The summed E-state index contributed by atoms with van der Waals surface area (Å²) in [5.41, 5.74) is 0.0587. The minimum atomic E-state index is -0.685. The molecule has 1 saturated carbocycles. The molecule has 1 N–H and O–H groups in total. The second-order valence-electron chi connectivity index (χ2n) is 6.05. The second-order valence-corrected chi connectivity index (χ2v) is 6.46. The number of carbonyl (C=O) groups excluding carboxylic acids is 1. The van der Waals surface area contributed by atoms with Crippen LogP contribution in [0.3, 0.4) is 0 Å². The van der Waals surface area contributed by atoms with Crippen LogP contribution in [0.2, 0.25) is 5.02 Å². The zero-order valence-electron chi connectivity index (χ0n) is 11.7. The predicted octanol–water partition coefficient (Wildman–Crippen LogP) is 3.40. The molecule has 2 fully saturated rings. The summed E-state index contributed by atoms with van der Waals surface area (Å²) < 4.78 is 5.72. The van der Waals surface area contributed by atoms with Gasteiger partial charge in [-0.25, -0.2) is 0 Å². The van der Waals surface area contributed by atoms with E-state index in [0.717, 1.165) is 42.7 Å². The van der Waals surface area contributed by atoms with Crippen molar-refractivity contribution in [2.45, 2.75) is 50.2 Å². The highest BCUT2D eigenvalue weighted by molar-refractivity contribution is 6.31. The quantitative estimate of drug-likeness (QED) is 0.927. The van der Waals surface area contributed by atoms with Crippen LogP contribution in [0.25, 0.3) is 0 Å². The summed E-state index contributed by atoms with van der Waals surface area (Å²) in [5, 5.41) is 3.91. The van der Waals surface area contributed by atoms with Crippen LogP contribution in [0.5, 0.6) is 0 Å². The topological polar surface area (TPSA) is 38.3 Å². The molecule has 0 aromatic heterocycles. The van der Waals surface area contributed by atoms with E-state index in [0.29, 0.717) is 6.61 Å². The molecule has 0 spiro atoms. The highest BCUT2D eigenvalue weighted by atomic mass is 35.5. The molecular formula is C16H20ClNO2. The van der Waals surface area contributed by atoms with Gasteiger partial charge >= 0.3 is 0 Å². The largest absolute Gasteiger partial charge is 0.365 e. The first-order valence-corrected chi connectivity index (χ1v) is 7.65. The van der Waals surface area contributed by atoms with E-state index >= 15 is 0 Å². The molecule has 1 aromatic rings. The van der Waals surface area contributed by atoms with E-state index in [2.05, 4.69) is 5.32 Å². The van der Waals surface area contributed by atoms with Gasteiger partial charge in [0.05, 0.1) is 5.54 Å². The maximum absolute atomic E-state index is 12.6. The van der Waals surface area contributed by atoms with E-state index < -0.39 is 5.60 Å². The molecule has 1 unspecified atom stereocenters. The molecule has 1 aliphatic carbocycles. The average molecular weight is 294 g/mol. The van der Waals surface area contributed by atoms with Crippen LogP contribution >= 0.6 is 11.6 Å². The molecule has 1 aromatic carbocycles. The van der Waals surface area contributed by atoms with Gasteiger partial charge < -0.3 is 10.1 Å². The maximum atomic E-state index is 12.6. The highest BCUT2D eigenvalue weighted by Gasteiger charge is 2.49. The molecule has 3 nitrogen and oxygen atoms in total. The lowest BCUT2D eigenvalue weighted by Crippen LogP contribution is -2.51. The van der Waals surface area contributed by atoms with Gasteiger partial charge in [-0.15, -0.1) is 0 Å². The molecule has 1 saturated heterocycles. The van der Waals surface area contributed by atoms with Crippen molar-refractivity contribution in [2.24, 2.45) is 0 Å². The van der Waals surface area contributed by atoms with Crippen LogP contribution in [-0.4, -0.2) is 18.1 Å². The maximum Gasteiger partial charge on any atom is 0.252 e. The summed E-state index contributed by atoms with van der Waals surface area (Å²) in [7, 11) is 0. The van der Waals surface area contributed by atoms with Gasteiger partial charge in [0.15, 0.2) is 0 Å². The normalized spacial score (nSPS) is 27.9. The Labute approximate surface area is 124 Å². The highest BCUT2D eigenvalue weighted by Crippen LogP contribution is 2.48. The van der Waals surface area contributed by atoms with Crippen molar-refractivity contribution in [3.63, 3.8) is 0 Å². The van der Waals surface area contributed by atoms with Gasteiger partial charge in [-0.05, 0) is 50.7 Å². The number of rotatable bonds is 3. The number of amides is 1. The van der Waals surface area contributed by atoms with Crippen molar-refractivity contribution in [2.75, 3.05) is 6.61 Å². The smallest absolute Gasteiger partial charge is 0.252 e. The summed E-state index contributed by atoms with van der Waals surface area (Å²) in [6.07, 6.45) is 4.76. The summed E-state index contributed by atoms with van der Waals surface area (Å²) in [6, 6.07) is 7.75. The third-order valence-corrected chi connectivity index (χ3v) is 4.77. The van der Waals surface area contributed by atoms with Crippen molar-refractivity contribution in [1.29, 1.82) is 0 Å². The minimum absolute atomic E-state index is 0.00498. The first-order valence-electron chi connectivity index (χ1n) is 7.27. The predicted molar refractivity (Wildman–Crippen MR) is 78.7 cm³/mol. The lowest BCUT2D eigenvalue weighted by Gasteiger charge is -2.34. The summed E-state index contributed by atoms with van der Waals surface area (Å²) in [5.74, 6) is -0.00498. The molecule has 3 rings (SSSR count). The Balaban J connectivity index is 1.77. The van der Waals surface area contributed by atoms with Crippen LogP contribution in [0.4, 0.5) is 0 Å². The van der Waals surface area contributed by atoms with Crippen LogP contribution in [-0.2, 0) is 15.1 Å². The number of hydrogen-bond donors (Lipinski definition) is 1. The summed E-state index contributed by atoms with van der Waals surface area (Å²) >= 11 is 6.27. The molecule has 108 valence electrons. The van der Waals surface area contributed by atoms with Crippen molar-refractivity contribution in [1.82, 2.24) is 5.32 Å². The lowest BCUT2D eigenvalue weighted by atomic mass is 9.93. The Bertz CT molecular complexity index is 519. The zero-order valence-corrected chi connectivity index (χ0v) is 12.5. The number of halogens is 1. The molecular weight excluding hydrogens is 274 g/mol. The molecule has 1 heterocycles. The van der Waals surface area contributed by atoms with Gasteiger partial charge in [0.1, 0.15) is 5.60 Å². The number of ether oxygens (including phenoxy) is 1. The van der Waals surface area contributed by atoms with E-state index in [-0.39, 0.29) is 11.4 Å². The molecule has 0 radical (unpaired) electrons. The fourth-order valence-corrected chi connectivity index (χ4v) is 3.22. The zero-order chi connectivity index (χ0) is 14.2. The fraction of sp³-hybridized carbons (Fsp3) is 0.562. The van der Waals surface area contributed by atoms with Crippen LogP contribution < -0.4 is 5.32 Å². The fourth-order valence-electron chi connectivity index (χ4n) is 2.90. The van der Waals surface area contributed by atoms with E-state index in [1.54, 1.807) is 0 Å². The Hall–Kier alpha value is -1.06. The van der Waals surface area contributed by atoms with Gasteiger partial charge in [-0.3, -0.25) is 4.79 Å². The Morgan fingerprint density at radius 1 is 1.25 bits per heavy atom. The SMILES string of the molecule is CC1(C(=O)NC2(c3ccccc3Cl)CC2)CCCCO1. The van der Waals surface area contributed by atoms with Gasteiger partial charge in [0.25, 0.3) is 5.91 Å². The summed E-state index contributed by atoms with van der Waals surface area (Å²) in [4.78, 5) is 12.6. The number of hydrogen-bond acceptors (Lipinski definition) is 2. The average Bonchev–Trinajstić information content (AvgIpc) is 3.20. The van der Waals surface area contributed by atoms with Gasteiger partial charge in [0.2, 0.25) is 0 Å². The first kappa shape index (κ1) is 13.9. The Morgan fingerprint density at radius 3 is 2.60 bits per heavy atom. The molecule has 0 bridgehead atoms. The second kappa shape index (κ2) is 5.05. The van der Waals surface area contributed by atoms with Crippen LogP contribution in [0.1, 0.15) is 44.6 Å². The molecule has 2 aliphatic rings. The van der Waals surface area contributed by atoms with E-state index in [1.165, 1.54) is 0 Å². The molecule has 1 atom stereocenters. The monoisotopic (exact) mass is 293 g/mol. The number of carbonyl (C=O) groups is 1. The third-order valence-electron chi connectivity index (χ3n) is 4.44. The van der Waals surface area contributed by atoms with Crippen molar-refractivity contribution in [3.05, 3.63) is 34.9 Å². The molecule has 4 heteroatoms. The van der Waals surface area contributed by atoms with Gasteiger partial charge in [0, 0.05) is 11.6 Å². The Morgan fingerprint density at radius 2 is 2.00 bits per heavy atom. The summed E-state index contributed by atoms with van der Waals surface area (Å²) in [6.45, 7) is 2.56. The van der Waals surface area contributed by atoms with Gasteiger partial charge in [-0.1, -0.05) is 29.8 Å². The molecule has 1 amide bonds. The molecule has 1 aliphatic heterocycles. The number of benzene rings is 1. The van der Waals surface area contributed by atoms with E-state index in [1.807, 2.05) is 31.2 Å². The van der Waals surface area contributed by atoms with Crippen LogP contribution in [0, 0.1) is 0 Å². The number of nitrogens with one attached hydrogen (secondary N) is 1. The third kappa shape index (κ3) is 2.45. The first-order chi connectivity index (χ1) is 9.56. The van der Waals surface area contributed by atoms with E-state index in [4.69, 9.17) is 16.3 Å². The standard InChI is InChI=1S/C16H20ClNO2/c1-15(8-4-5-11-20-15)14(19)18-16(9-10-16)12-6-2-3-7-13(12)17/h2-3,6-7H,4-5,8-11H2,1H3,(H,18,19). The van der Waals surface area contributed by atoms with Crippen LogP contribution in [0.15, 0.2) is 24.3 Å². The van der Waals surface area contributed by atoms with Crippen molar-refractivity contribution >= 4 is 17.5 Å². The van der Waals surface area contributed by atoms with Gasteiger partial charge in [-0.2, -0.15) is 0 Å². The van der Waals surface area contributed by atoms with E-state index in [9.17, 15) is 4.79 Å². The Kier molecular flexibility index (Phi) is 3.51. The lowest BCUT2D eigenvalue weighted by molar-refractivity contribution is -0.151. The van der Waals surface area contributed by atoms with Crippen molar-refractivity contribution < 1.29 is 9.53 Å². The molecule has 20 heavy (non-hydrogen) atoms. The minimum Gasteiger partial charge on any atom is -0.365 e. The van der Waals surface area contributed by atoms with Crippen molar-refractivity contribution in [3.8, 4) is 0 Å².